The van der Waals surface area contributed by atoms with Crippen LogP contribution in [-0.4, -0.2) is 61.4 Å². The molecule has 230 valence electrons. The van der Waals surface area contributed by atoms with Crippen LogP contribution in [0.5, 0.6) is 0 Å². The summed E-state index contributed by atoms with van der Waals surface area (Å²) in [6.45, 7) is 0.736. The molecule has 0 aliphatic carbocycles. The average molecular weight is 611 g/mol. The molecule has 45 heavy (non-hydrogen) atoms. The molecule has 0 N–H and O–H groups in total. The van der Waals surface area contributed by atoms with Crippen LogP contribution in [0.4, 0.5) is 0 Å². The molecule has 0 bridgehead atoms. The first kappa shape index (κ1) is 32.2. The third-order valence-electron chi connectivity index (χ3n) is 6.34. The van der Waals surface area contributed by atoms with Crippen molar-refractivity contribution < 1.29 is 47.7 Å². The van der Waals surface area contributed by atoms with Gasteiger partial charge in [0.2, 0.25) is 6.10 Å². The fourth-order valence-corrected chi connectivity index (χ4v) is 4.12. The number of carbonyl (C=O) groups excluding carboxylic acids is 5. The zero-order valence-corrected chi connectivity index (χ0v) is 24.3. The minimum atomic E-state index is -1.94. The van der Waals surface area contributed by atoms with Gasteiger partial charge in [-0.3, -0.25) is 0 Å². The molecule has 0 aliphatic heterocycles. The second kappa shape index (κ2) is 16.2. The largest absolute Gasteiger partial charge is 0.463 e. The molecular formula is C35H30O10. The van der Waals surface area contributed by atoms with Gasteiger partial charge in [-0.15, -0.1) is 0 Å². The molecule has 0 saturated heterocycles. The Labute approximate surface area is 259 Å². The summed E-state index contributed by atoms with van der Waals surface area (Å²) in [6, 6.07) is 31.5. The topological polar surface area (TPSA) is 132 Å². The molecule has 0 amide bonds. The smallest absolute Gasteiger partial charge is 0.351 e. The molecule has 3 atom stereocenters. The molecule has 0 aromatic heterocycles. The first-order valence-electron chi connectivity index (χ1n) is 14.0. The second-order valence-electron chi connectivity index (χ2n) is 9.45. The third kappa shape index (κ3) is 9.11. The number of esters is 5. The summed E-state index contributed by atoms with van der Waals surface area (Å²) < 4.78 is 27.7. The van der Waals surface area contributed by atoms with Crippen LogP contribution in [-0.2, 0) is 28.5 Å². The fraction of sp³-hybridized carbons (Fsp3) is 0.171. The summed E-state index contributed by atoms with van der Waals surface area (Å²) in [6.07, 6.45) is -5.40. The van der Waals surface area contributed by atoms with Crippen molar-refractivity contribution in [3.63, 3.8) is 0 Å². The monoisotopic (exact) mass is 610 g/mol. The van der Waals surface area contributed by atoms with E-state index in [2.05, 4.69) is 0 Å². The molecule has 0 heterocycles. The van der Waals surface area contributed by atoms with Crippen LogP contribution in [0, 0.1) is 0 Å². The van der Waals surface area contributed by atoms with Gasteiger partial charge in [0.15, 0.2) is 12.2 Å². The van der Waals surface area contributed by atoms with Gasteiger partial charge in [0.25, 0.3) is 0 Å². The Kier molecular flexibility index (Phi) is 11.6. The Morgan fingerprint density at radius 3 is 1.29 bits per heavy atom. The van der Waals surface area contributed by atoms with Gasteiger partial charge in [0.05, 0.1) is 28.9 Å². The van der Waals surface area contributed by atoms with E-state index < -0.39 is 54.8 Å². The van der Waals surface area contributed by atoms with Crippen molar-refractivity contribution in [2.45, 2.75) is 25.2 Å². The van der Waals surface area contributed by atoms with E-state index in [0.717, 1.165) is 0 Å². The van der Waals surface area contributed by atoms with Crippen molar-refractivity contribution in [1.82, 2.24) is 0 Å². The summed E-state index contributed by atoms with van der Waals surface area (Å²) in [5.41, 5.74) is 0.502. The molecule has 10 heteroatoms. The molecule has 0 unspecified atom stereocenters. The van der Waals surface area contributed by atoms with Crippen molar-refractivity contribution in [1.29, 1.82) is 0 Å². The van der Waals surface area contributed by atoms with E-state index in [1.807, 2.05) is 0 Å². The number of benzene rings is 4. The van der Waals surface area contributed by atoms with Crippen molar-refractivity contribution in [3.8, 4) is 0 Å². The van der Waals surface area contributed by atoms with Gasteiger partial charge in [-0.2, -0.15) is 0 Å². The van der Waals surface area contributed by atoms with Crippen molar-refractivity contribution in [2.24, 2.45) is 0 Å². The van der Waals surface area contributed by atoms with Gasteiger partial charge in [0, 0.05) is 0 Å². The van der Waals surface area contributed by atoms with E-state index >= 15 is 0 Å². The lowest BCUT2D eigenvalue weighted by Gasteiger charge is -2.31. The second-order valence-corrected chi connectivity index (χ2v) is 9.45. The highest BCUT2D eigenvalue weighted by molar-refractivity contribution is 5.93. The molecule has 4 aromatic carbocycles. The Bertz CT molecular complexity index is 1570. The highest BCUT2D eigenvalue weighted by Gasteiger charge is 2.44. The summed E-state index contributed by atoms with van der Waals surface area (Å²) in [5, 5.41) is 0. The number of ether oxygens (including phenoxy) is 5. The number of hydrogen-bond donors (Lipinski definition) is 0. The highest BCUT2D eigenvalue weighted by atomic mass is 16.6. The maximum atomic E-state index is 13.4. The maximum absolute atomic E-state index is 13.4. The quantitative estimate of drug-likeness (QED) is 0.149. The average Bonchev–Trinajstić information content (AvgIpc) is 3.09. The van der Waals surface area contributed by atoms with E-state index in [4.69, 9.17) is 23.7 Å². The predicted octanol–water partition coefficient (Wildman–Crippen LogP) is 5.08. The van der Waals surface area contributed by atoms with Crippen LogP contribution in [0.2, 0.25) is 0 Å². The van der Waals surface area contributed by atoms with Crippen LogP contribution >= 0.6 is 0 Å². The molecular weight excluding hydrogens is 580 g/mol. The summed E-state index contributed by atoms with van der Waals surface area (Å²) >= 11 is 0. The van der Waals surface area contributed by atoms with Crippen LogP contribution in [0.3, 0.4) is 0 Å². The minimum absolute atomic E-state index is 0.0910. The number of carbonyl (C=O) groups is 5. The van der Waals surface area contributed by atoms with Gasteiger partial charge in [-0.25, -0.2) is 24.0 Å². The number of hydrogen-bond acceptors (Lipinski definition) is 10. The molecule has 0 spiro atoms. The Balaban J connectivity index is 1.75. The van der Waals surface area contributed by atoms with Crippen LogP contribution in [0.15, 0.2) is 121 Å². The summed E-state index contributed by atoms with van der Waals surface area (Å²) in [4.78, 5) is 66.0. The van der Waals surface area contributed by atoms with E-state index in [0.29, 0.717) is 0 Å². The van der Waals surface area contributed by atoms with Crippen molar-refractivity contribution >= 4 is 29.8 Å². The summed E-state index contributed by atoms with van der Waals surface area (Å²) in [5.74, 6) is -4.61. The first-order chi connectivity index (χ1) is 21.9. The van der Waals surface area contributed by atoms with E-state index in [1.54, 1.807) is 72.8 Å². The zero-order chi connectivity index (χ0) is 32.0. The van der Waals surface area contributed by atoms with Crippen molar-refractivity contribution in [2.75, 3.05) is 13.2 Å². The van der Waals surface area contributed by atoms with Crippen LogP contribution in [0.25, 0.3) is 0 Å². The standard InChI is InChI=1S/C35H30O10/c1-2-41-35(40)30(45-34(39)27-21-13-6-14-22-27)29(44-33(38)26-19-11-5-12-20-26)28(43-32(37)25-17-9-4-10-18-25)23-42-31(36)24-15-7-3-8-16-24/h3-22,28-30H,2,23H2,1H3/t28-,29+,30-/m0/s1. The van der Waals surface area contributed by atoms with E-state index in [9.17, 15) is 24.0 Å². The Hall–Kier alpha value is -5.77. The lowest BCUT2D eigenvalue weighted by molar-refractivity contribution is -0.167. The van der Waals surface area contributed by atoms with E-state index in [-0.39, 0.29) is 28.9 Å². The Morgan fingerprint density at radius 2 is 0.867 bits per heavy atom. The maximum Gasteiger partial charge on any atom is 0.351 e. The zero-order valence-electron chi connectivity index (χ0n) is 24.3. The van der Waals surface area contributed by atoms with Gasteiger partial charge < -0.3 is 23.7 Å². The predicted molar refractivity (Wildman–Crippen MR) is 160 cm³/mol. The third-order valence-corrected chi connectivity index (χ3v) is 6.34. The number of rotatable bonds is 13. The van der Waals surface area contributed by atoms with E-state index in [1.165, 1.54) is 55.5 Å². The summed E-state index contributed by atoms with van der Waals surface area (Å²) in [7, 11) is 0. The molecule has 0 fully saturated rings. The molecule has 4 rings (SSSR count). The minimum Gasteiger partial charge on any atom is -0.463 e. The highest BCUT2D eigenvalue weighted by Crippen LogP contribution is 2.21. The van der Waals surface area contributed by atoms with Gasteiger partial charge >= 0.3 is 29.8 Å². The molecule has 0 saturated carbocycles. The van der Waals surface area contributed by atoms with Gasteiger partial charge in [-0.05, 0) is 55.5 Å². The normalized spacial score (nSPS) is 12.5. The Morgan fingerprint density at radius 1 is 0.489 bits per heavy atom. The lowest BCUT2D eigenvalue weighted by Crippen LogP contribution is -2.51. The van der Waals surface area contributed by atoms with Crippen LogP contribution < -0.4 is 0 Å². The van der Waals surface area contributed by atoms with Gasteiger partial charge in [0.1, 0.15) is 6.61 Å². The SMILES string of the molecule is CCOC(=O)[C@@H](OC(=O)c1ccccc1)[C@H](OC(=O)c1ccccc1)[C@H](COC(=O)c1ccccc1)OC(=O)c1ccccc1. The van der Waals surface area contributed by atoms with Gasteiger partial charge in [-0.1, -0.05) is 72.8 Å². The fourth-order valence-electron chi connectivity index (χ4n) is 4.12. The van der Waals surface area contributed by atoms with Crippen LogP contribution in [0.1, 0.15) is 48.4 Å². The molecule has 4 aromatic rings. The molecule has 10 nitrogen and oxygen atoms in total. The molecule has 0 radical (unpaired) electrons. The van der Waals surface area contributed by atoms with Crippen molar-refractivity contribution in [3.05, 3.63) is 144 Å². The first-order valence-corrected chi connectivity index (χ1v) is 14.0. The lowest BCUT2D eigenvalue weighted by atomic mass is 10.1. The molecule has 0 aliphatic rings.